The minimum Gasteiger partial charge on any atom is -0.402 e. The molecule has 0 amide bonds. The summed E-state index contributed by atoms with van der Waals surface area (Å²) in [4.78, 5) is 16.2. The number of nitrogens with zero attached hydrogens (tertiary/aromatic N) is 1. The van der Waals surface area contributed by atoms with E-state index in [0.29, 0.717) is 10.9 Å². The van der Waals surface area contributed by atoms with E-state index in [1.807, 2.05) is 61.5 Å². The molecule has 0 aromatic heterocycles. The zero-order valence-electron chi connectivity index (χ0n) is 12.5. The van der Waals surface area contributed by atoms with E-state index < -0.39 is 5.97 Å². The number of esters is 1. The SMILES string of the molecule is Cc1cccc(C2=NC(=CC(Cl)=Cc3ccccc3)C(=O)O2)c1. The third-order valence-electron chi connectivity index (χ3n) is 3.26. The van der Waals surface area contributed by atoms with Gasteiger partial charge in [-0.2, -0.15) is 0 Å². The first-order valence-electron chi connectivity index (χ1n) is 7.14. The van der Waals surface area contributed by atoms with E-state index in [2.05, 4.69) is 4.99 Å². The fraction of sp³-hybridized carbons (Fsp3) is 0.0526. The number of rotatable bonds is 3. The van der Waals surface area contributed by atoms with Crippen molar-refractivity contribution in [3.8, 4) is 0 Å². The van der Waals surface area contributed by atoms with E-state index in [1.165, 1.54) is 6.08 Å². The Bertz CT molecular complexity index is 835. The quantitative estimate of drug-likeness (QED) is 0.618. The Hall–Kier alpha value is -2.65. The van der Waals surface area contributed by atoms with Crippen LogP contribution in [0, 0.1) is 6.92 Å². The van der Waals surface area contributed by atoms with Gasteiger partial charge in [-0.25, -0.2) is 9.79 Å². The number of halogens is 1. The molecule has 0 unspecified atom stereocenters. The number of hydrogen-bond donors (Lipinski definition) is 0. The summed E-state index contributed by atoms with van der Waals surface area (Å²) in [6.45, 7) is 1.97. The summed E-state index contributed by atoms with van der Waals surface area (Å²) in [7, 11) is 0. The molecule has 2 aromatic rings. The summed E-state index contributed by atoms with van der Waals surface area (Å²) in [6.07, 6.45) is 3.28. The molecule has 0 spiro atoms. The van der Waals surface area contributed by atoms with Crippen LogP contribution in [0.4, 0.5) is 0 Å². The van der Waals surface area contributed by atoms with E-state index in [0.717, 1.165) is 16.7 Å². The lowest BCUT2D eigenvalue weighted by Crippen LogP contribution is -2.05. The fourth-order valence-electron chi connectivity index (χ4n) is 2.19. The second kappa shape index (κ2) is 6.63. The molecule has 0 fully saturated rings. The van der Waals surface area contributed by atoms with Crippen LogP contribution < -0.4 is 0 Å². The number of cyclic esters (lactones) is 1. The van der Waals surface area contributed by atoms with Gasteiger partial charge in [-0.05, 0) is 36.8 Å². The highest BCUT2D eigenvalue weighted by Gasteiger charge is 2.24. The molecule has 0 saturated heterocycles. The second-order valence-corrected chi connectivity index (χ2v) is 5.58. The largest absolute Gasteiger partial charge is 0.402 e. The van der Waals surface area contributed by atoms with Gasteiger partial charge in [0.25, 0.3) is 0 Å². The van der Waals surface area contributed by atoms with Crippen LogP contribution in [-0.2, 0) is 9.53 Å². The van der Waals surface area contributed by atoms with E-state index in [9.17, 15) is 4.79 Å². The number of aliphatic imine (C=N–C) groups is 1. The topological polar surface area (TPSA) is 38.7 Å². The Morgan fingerprint density at radius 2 is 1.91 bits per heavy atom. The maximum atomic E-state index is 11.9. The van der Waals surface area contributed by atoms with Crippen LogP contribution >= 0.6 is 11.6 Å². The maximum Gasteiger partial charge on any atom is 0.363 e. The Kier molecular flexibility index (Phi) is 4.40. The molecule has 23 heavy (non-hydrogen) atoms. The van der Waals surface area contributed by atoms with E-state index in [1.54, 1.807) is 6.08 Å². The molecule has 0 radical (unpaired) electrons. The molecule has 2 aromatic carbocycles. The number of aryl methyl sites for hydroxylation is 1. The molecule has 114 valence electrons. The highest BCUT2D eigenvalue weighted by atomic mass is 35.5. The minimum atomic E-state index is -0.499. The number of benzene rings is 2. The van der Waals surface area contributed by atoms with Crippen molar-refractivity contribution in [2.45, 2.75) is 6.92 Å². The molecule has 1 aliphatic heterocycles. The van der Waals surface area contributed by atoms with Crippen molar-refractivity contribution in [1.29, 1.82) is 0 Å². The van der Waals surface area contributed by atoms with Gasteiger partial charge in [0.1, 0.15) is 0 Å². The van der Waals surface area contributed by atoms with E-state index >= 15 is 0 Å². The lowest BCUT2D eigenvalue weighted by Gasteiger charge is -1.99. The first-order valence-corrected chi connectivity index (χ1v) is 7.51. The smallest absolute Gasteiger partial charge is 0.363 e. The van der Waals surface area contributed by atoms with Crippen molar-refractivity contribution >= 4 is 29.5 Å². The van der Waals surface area contributed by atoms with Crippen molar-refractivity contribution in [3.05, 3.63) is 88.1 Å². The molecular formula is C19H14ClNO2. The lowest BCUT2D eigenvalue weighted by molar-refractivity contribution is -0.130. The molecule has 1 heterocycles. The van der Waals surface area contributed by atoms with Crippen LogP contribution in [0.25, 0.3) is 6.08 Å². The summed E-state index contributed by atoms with van der Waals surface area (Å²) in [5.41, 5.74) is 2.98. The van der Waals surface area contributed by atoms with Gasteiger partial charge in [0, 0.05) is 10.6 Å². The molecule has 0 saturated carbocycles. The number of carbonyl (C=O) groups is 1. The highest BCUT2D eigenvalue weighted by Crippen LogP contribution is 2.21. The Morgan fingerprint density at radius 1 is 1.13 bits per heavy atom. The summed E-state index contributed by atoms with van der Waals surface area (Å²) >= 11 is 6.19. The van der Waals surface area contributed by atoms with Gasteiger partial charge in [-0.3, -0.25) is 0 Å². The summed E-state index contributed by atoms with van der Waals surface area (Å²) in [5, 5.41) is 0.414. The van der Waals surface area contributed by atoms with Gasteiger partial charge in [0.05, 0.1) is 0 Å². The number of hydrogen-bond acceptors (Lipinski definition) is 3. The first-order chi connectivity index (χ1) is 11.1. The van der Waals surface area contributed by atoms with Crippen LogP contribution in [0.15, 0.2) is 76.4 Å². The van der Waals surface area contributed by atoms with Gasteiger partial charge in [-0.1, -0.05) is 59.6 Å². The first kappa shape index (κ1) is 15.3. The van der Waals surface area contributed by atoms with Gasteiger partial charge in [0.2, 0.25) is 5.90 Å². The van der Waals surface area contributed by atoms with Crippen molar-refractivity contribution in [1.82, 2.24) is 0 Å². The van der Waals surface area contributed by atoms with Crippen LogP contribution in [0.5, 0.6) is 0 Å². The molecule has 4 heteroatoms. The Labute approximate surface area is 139 Å². The molecular weight excluding hydrogens is 310 g/mol. The number of allylic oxidation sites excluding steroid dienone is 2. The molecule has 0 bridgehead atoms. The van der Waals surface area contributed by atoms with Crippen molar-refractivity contribution in [2.75, 3.05) is 0 Å². The summed E-state index contributed by atoms with van der Waals surface area (Å²) in [6, 6.07) is 17.2. The van der Waals surface area contributed by atoms with Crippen molar-refractivity contribution in [2.24, 2.45) is 4.99 Å². The lowest BCUT2D eigenvalue weighted by atomic mass is 10.1. The third kappa shape index (κ3) is 3.76. The minimum absolute atomic E-state index is 0.193. The van der Waals surface area contributed by atoms with Crippen LogP contribution in [-0.4, -0.2) is 11.9 Å². The second-order valence-electron chi connectivity index (χ2n) is 5.15. The van der Waals surface area contributed by atoms with Crippen LogP contribution in [0.3, 0.4) is 0 Å². The zero-order chi connectivity index (χ0) is 16.2. The van der Waals surface area contributed by atoms with Crippen molar-refractivity contribution < 1.29 is 9.53 Å². The maximum absolute atomic E-state index is 11.9. The van der Waals surface area contributed by atoms with E-state index in [-0.39, 0.29) is 5.70 Å². The van der Waals surface area contributed by atoms with Crippen LogP contribution in [0.2, 0.25) is 0 Å². The molecule has 0 aliphatic carbocycles. The molecule has 3 nitrogen and oxygen atoms in total. The Morgan fingerprint density at radius 3 is 2.65 bits per heavy atom. The van der Waals surface area contributed by atoms with Crippen molar-refractivity contribution in [3.63, 3.8) is 0 Å². The standard InChI is InChI=1S/C19H14ClNO2/c1-13-6-5-9-15(10-13)18-21-17(19(22)23-18)12-16(20)11-14-7-3-2-4-8-14/h2-12H,1H3. The van der Waals surface area contributed by atoms with E-state index in [4.69, 9.17) is 16.3 Å². The van der Waals surface area contributed by atoms with Crippen LogP contribution in [0.1, 0.15) is 16.7 Å². The van der Waals surface area contributed by atoms with Gasteiger partial charge in [-0.15, -0.1) is 0 Å². The average molecular weight is 324 g/mol. The molecule has 0 N–H and O–H groups in total. The highest BCUT2D eigenvalue weighted by molar-refractivity contribution is 6.33. The van der Waals surface area contributed by atoms with Gasteiger partial charge in [0.15, 0.2) is 5.70 Å². The monoisotopic (exact) mass is 323 g/mol. The normalized spacial score (nSPS) is 16.4. The number of carbonyl (C=O) groups excluding carboxylic acids is 1. The predicted molar refractivity (Wildman–Crippen MR) is 92.2 cm³/mol. The molecule has 1 aliphatic rings. The Balaban J connectivity index is 1.88. The summed E-state index contributed by atoms with van der Waals surface area (Å²) < 4.78 is 5.22. The fourth-order valence-corrected chi connectivity index (χ4v) is 2.42. The summed E-state index contributed by atoms with van der Waals surface area (Å²) in [5.74, 6) is -0.199. The predicted octanol–water partition coefficient (Wildman–Crippen LogP) is 4.46. The zero-order valence-corrected chi connectivity index (χ0v) is 13.2. The number of ether oxygens (including phenoxy) is 1. The van der Waals surface area contributed by atoms with Gasteiger partial charge < -0.3 is 4.74 Å². The molecule has 3 rings (SSSR count). The molecule has 0 atom stereocenters. The van der Waals surface area contributed by atoms with Gasteiger partial charge >= 0.3 is 5.97 Å². The third-order valence-corrected chi connectivity index (χ3v) is 3.48. The average Bonchev–Trinajstić information content (AvgIpc) is 2.89.